The molecule has 8 heteroatoms. The van der Waals surface area contributed by atoms with Crippen LogP contribution in [0.5, 0.6) is 0 Å². The van der Waals surface area contributed by atoms with Crippen LogP contribution in [0.15, 0.2) is 34.7 Å². The maximum atomic E-state index is 12.5. The molecule has 1 saturated heterocycles. The summed E-state index contributed by atoms with van der Waals surface area (Å²) in [5, 5.41) is 12.1. The second-order valence-electron chi connectivity index (χ2n) is 6.63. The Morgan fingerprint density at radius 2 is 1.96 bits per heavy atom. The summed E-state index contributed by atoms with van der Waals surface area (Å²) in [6, 6.07) is 9.28. The Morgan fingerprint density at radius 1 is 1.26 bits per heavy atom. The van der Waals surface area contributed by atoms with Crippen LogP contribution in [-0.2, 0) is 4.79 Å². The van der Waals surface area contributed by atoms with Crippen molar-refractivity contribution in [2.75, 3.05) is 18.4 Å². The third kappa shape index (κ3) is 5.29. The number of aromatic nitrogens is 2. The number of carbonyl (C=O) groups is 2. The van der Waals surface area contributed by atoms with E-state index in [1.54, 1.807) is 11.8 Å². The third-order valence-electron chi connectivity index (χ3n) is 4.69. The fourth-order valence-corrected chi connectivity index (χ4v) is 4.88. The van der Waals surface area contributed by atoms with E-state index < -0.39 is 0 Å². The summed E-state index contributed by atoms with van der Waals surface area (Å²) in [4.78, 5) is 26.8. The minimum atomic E-state index is -0.0978. The lowest BCUT2D eigenvalue weighted by Crippen LogP contribution is -2.41. The lowest BCUT2D eigenvalue weighted by atomic mass is 9.95. The van der Waals surface area contributed by atoms with Gasteiger partial charge in [-0.15, -0.1) is 10.2 Å². The van der Waals surface area contributed by atoms with E-state index in [1.807, 2.05) is 35.2 Å². The molecule has 0 saturated carbocycles. The highest BCUT2D eigenvalue weighted by atomic mass is 32.2. The predicted octanol–water partition coefficient (Wildman–Crippen LogP) is 3.92. The van der Waals surface area contributed by atoms with Crippen molar-refractivity contribution in [2.45, 2.75) is 42.7 Å². The molecule has 1 aliphatic rings. The smallest absolute Gasteiger partial charge is 0.253 e. The molecule has 0 bridgehead atoms. The number of nitrogens with one attached hydrogen (secondary N) is 1. The van der Waals surface area contributed by atoms with E-state index >= 15 is 0 Å². The summed E-state index contributed by atoms with van der Waals surface area (Å²) in [6.07, 6.45) is 2.39. The molecule has 1 aliphatic heterocycles. The highest BCUT2D eigenvalue weighted by Crippen LogP contribution is 2.30. The molecule has 2 heterocycles. The van der Waals surface area contributed by atoms with Crippen LogP contribution in [0, 0.1) is 5.92 Å². The number of benzene rings is 1. The van der Waals surface area contributed by atoms with E-state index in [2.05, 4.69) is 29.4 Å². The number of anilines is 1. The molecule has 2 aromatic rings. The van der Waals surface area contributed by atoms with Gasteiger partial charge in [0.1, 0.15) is 0 Å². The van der Waals surface area contributed by atoms with Crippen LogP contribution < -0.4 is 5.32 Å². The van der Waals surface area contributed by atoms with Crippen LogP contribution in [0.3, 0.4) is 0 Å². The first-order valence-corrected chi connectivity index (χ1v) is 10.9. The van der Waals surface area contributed by atoms with Crippen LogP contribution >= 0.6 is 23.1 Å². The first kappa shape index (κ1) is 19.8. The maximum Gasteiger partial charge on any atom is 0.253 e. The van der Waals surface area contributed by atoms with Gasteiger partial charge in [-0.3, -0.25) is 9.59 Å². The van der Waals surface area contributed by atoms with Gasteiger partial charge in [0.2, 0.25) is 11.0 Å². The fourth-order valence-electron chi connectivity index (χ4n) is 2.88. The quantitative estimate of drug-likeness (QED) is 0.583. The average molecular weight is 405 g/mol. The van der Waals surface area contributed by atoms with E-state index in [0.717, 1.165) is 10.8 Å². The van der Waals surface area contributed by atoms with Gasteiger partial charge in [-0.2, -0.15) is 0 Å². The number of rotatable bonds is 6. The van der Waals surface area contributed by atoms with Gasteiger partial charge >= 0.3 is 0 Å². The molecule has 6 nitrogen and oxygen atoms in total. The molecule has 0 aliphatic carbocycles. The van der Waals surface area contributed by atoms with Crippen LogP contribution in [0.4, 0.5) is 5.13 Å². The topological polar surface area (TPSA) is 75.2 Å². The van der Waals surface area contributed by atoms with Crippen molar-refractivity contribution in [1.29, 1.82) is 0 Å². The normalized spacial score (nSPS) is 16.1. The lowest BCUT2D eigenvalue weighted by molar-refractivity contribution is -0.121. The van der Waals surface area contributed by atoms with Gasteiger partial charge in [-0.05, 0) is 31.4 Å². The molecule has 1 aromatic carbocycles. The van der Waals surface area contributed by atoms with Gasteiger partial charge in [0.05, 0.1) is 0 Å². The molecule has 0 spiro atoms. The standard InChI is InChI=1S/C19H24N4O2S2/c1-3-13(2)26-19-22-21-18(27-19)20-16(24)14-9-11-23(12-10-14)17(25)15-7-5-4-6-8-15/h4-8,13-14H,3,9-12H2,1-2H3,(H,20,21,24). The van der Waals surface area contributed by atoms with Crippen LogP contribution in [0.2, 0.25) is 0 Å². The Morgan fingerprint density at radius 3 is 2.63 bits per heavy atom. The minimum absolute atomic E-state index is 0.0296. The summed E-state index contributed by atoms with van der Waals surface area (Å²) in [7, 11) is 0. The van der Waals surface area contributed by atoms with Gasteiger partial charge < -0.3 is 10.2 Å². The fraction of sp³-hybridized carbons (Fsp3) is 0.474. The SMILES string of the molecule is CCC(C)Sc1nnc(NC(=O)C2CCN(C(=O)c3ccccc3)CC2)s1. The molecule has 1 aromatic heterocycles. The van der Waals surface area contributed by atoms with Gasteiger partial charge in [-0.1, -0.05) is 55.1 Å². The van der Waals surface area contributed by atoms with Gasteiger partial charge in [0.25, 0.3) is 5.91 Å². The zero-order valence-corrected chi connectivity index (χ0v) is 17.2. The summed E-state index contributed by atoms with van der Waals surface area (Å²) in [5.74, 6) is -0.0947. The van der Waals surface area contributed by atoms with Gasteiger partial charge in [0, 0.05) is 29.8 Å². The Balaban J connectivity index is 1.49. The largest absolute Gasteiger partial charge is 0.339 e. The summed E-state index contributed by atoms with van der Waals surface area (Å²) < 4.78 is 0.878. The van der Waals surface area contributed by atoms with E-state index in [-0.39, 0.29) is 17.7 Å². The number of thioether (sulfide) groups is 1. The number of amides is 2. The highest BCUT2D eigenvalue weighted by molar-refractivity contribution is 8.01. The van der Waals surface area contributed by atoms with Crippen molar-refractivity contribution in [3.63, 3.8) is 0 Å². The van der Waals surface area contributed by atoms with E-state index in [4.69, 9.17) is 0 Å². The second kappa shape index (κ2) is 9.32. The highest BCUT2D eigenvalue weighted by Gasteiger charge is 2.28. The molecule has 144 valence electrons. The molecule has 3 rings (SSSR count). The number of likely N-dealkylation sites (tertiary alicyclic amines) is 1. The molecule has 1 unspecified atom stereocenters. The van der Waals surface area contributed by atoms with Gasteiger partial charge in [0.15, 0.2) is 4.34 Å². The molecule has 1 N–H and O–H groups in total. The first-order chi connectivity index (χ1) is 13.1. The Labute approximate surface area is 167 Å². The van der Waals surface area contributed by atoms with Crippen LogP contribution in [-0.4, -0.2) is 45.3 Å². The van der Waals surface area contributed by atoms with Crippen molar-refractivity contribution in [2.24, 2.45) is 5.92 Å². The predicted molar refractivity (Wildman–Crippen MR) is 109 cm³/mol. The molecule has 2 amide bonds. The summed E-state index contributed by atoms with van der Waals surface area (Å²) in [6.45, 7) is 5.47. The van der Waals surface area contributed by atoms with Crippen molar-refractivity contribution >= 4 is 40.0 Å². The first-order valence-electron chi connectivity index (χ1n) is 9.22. The van der Waals surface area contributed by atoms with E-state index in [9.17, 15) is 9.59 Å². The molecule has 1 fully saturated rings. The zero-order chi connectivity index (χ0) is 19.2. The Bertz CT molecular complexity index is 773. The van der Waals surface area contributed by atoms with E-state index in [0.29, 0.717) is 41.9 Å². The van der Waals surface area contributed by atoms with Crippen LogP contribution in [0.25, 0.3) is 0 Å². The number of piperidine rings is 1. The number of carbonyl (C=O) groups excluding carboxylic acids is 2. The molecular weight excluding hydrogens is 380 g/mol. The maximum absolute atomic E-state index is 12.5. The lowest BCUT2D eigenvalue weighted by Gasteiger charge is -2.31. The van der Waals surface area contributed by atoms with Crippen molar-refractivity contribution in [1.82, 2.24) is 15.1 Å². The minimum Gasteiger partial charge on any atom is -0.339 e. The van der Waals surface area contributed by atoms with Crippen molar-refractivity contribution in [3.05, 3.63) is 35.9 Å². The monoisotopic (exact) mass is 404 g/mol. The second-order valence-corrected chi connectivity index (χ2v) is 9.29. The Kier molecular flexibility index (Phi) is 6.84. The van der Waals surface area contributed by atoms with E-state index in [1.165, 1.54) is 11.3 Å². The summed E-state index contributed by atoms with van der Waals surface area (Å²) >= 11 is 3.09. The van der Waals surface area contributed by atoms with Gasteiger partial charge in [-0.25, -0.2) is 0 Å². The number of nitrogens with zero attached hydrogens (tertiary/aromatic N) is 3. The van der Waals surface area contributed by atoms with Crippen molar-refractivity contribution < 1.29 is 9.59 Å². The van der Waals surface area contributed by atoms with Crippen LogP contribution in [0.1, 0.15) is 43.5 Å². The average Bonchev–Trinajstić information content (AvgIpc) is 3.14. The Hall–Kier alpha value is -1.93. The third-order valence-corrected chi connectivity index (χ3v) is 6.88. The molecule has 0 radical (unpaired) electrons. The van der Waals surface area contributed by atoms with Crippen molar-refractivity contribution in [3.8, 4) is 0 Å². The number of hydrogen-bond acceptors (Lipinski definition) is 6. The molecule has 27 heavy (non-hydrogen) atoms. The summed E-state index contributed by atoms with van der Waals surface area (Å²) in [5.41, 5.74) is 0.695. The molecule has 1 atom stereocenters. The number of hydrogen-bond donors (Lipinski definition) is 1. The zero-order valence-electron chi connectivity index (χ0n) is 15.6. The molecular formula is C19H24N4O2S2.